The van der Waals surface area contributed by atoms with E-state index in [0.29, 0.717) is 24.6 Å². The topological polar surface area (TPSA) is 65.4 Å². The third-order valence-corrected chi connectivity index (χ3v) is 3.53. The fourth-order valence-corrected chi connectivity index (χ4v) is 2.13. The molecule has 0 aliphatic rings. The number of nitrogens with zero attached hydrogens (tertiary/aromatic N) is 2. The molecule has 0 aliphatic carbocycles. The monoisotopic (exact) mass is 331 g/mol. The van der Waals surface area contributed by atoms with E-state index in [1.807, 2.05) is 24.3 Å². The van der Waals surface area contributed by atoms with E-state index in [9.17, 15) is 4.79 Å². The number of carbonyl (C=O) groups excluding carboxylic acids is 1. The van der Waals surface area contributed by atoms with Gasteiger partial charge in [-0.15, -0.1) is 0 Å². The molecule has 2 aromatic rings. The molecule has 0 bridgehead atoms. The number of rotatable bonds is 7. The van der Waals surface area contributed by atoms with Gasteiger partial charge in [-0.3, -0.25) is 9.48 Å². The van der Waals surface area contributed by atoms with Crippen LogP contribution in [0.2, 0.25) is 0 Å². The molecule has 1 heterocycles. The van der Waals surface area contributed by atoms with Gasteiger partial charge < -0.3 is 14.8 Å². The Balaban J connectivity index is 1.81. The smallest absolute Gasteiger partial charge is 0.262 e. The minimum atomic E-state index is -0.221. The standard InChI is InChI=1S/C18H25N3O3/c1-18(2,3)14-5-7-16(8-6-14)24-13-17(22)20-15-11-19-21(12-15)9-10-23-4/h5-8,11-12H,9-10,13H2,1-4H3,(H,20,22). The number of hydrogen-bond acceptors (Lipinski definition) is 4. The van der Waals surface area contributed by atoms with E-state index in [1.54, 1.807) is 24.2 Å². The summed E-state index contributed by atoms with van der Waals surface area (Å²) in [7, 11) is 1.64. The molecule has 0 unspecified atom stereocenters. The highest BCUT2D eigenvalue weighted by atomic mass is 16.5. The lowest BCUT2D eigenvalue weighted by Crippen LogP contribution is -2.20. The Hall–Kier alpha value is -2.34. The van der Waals surface area contributed by atoms with Crippen LogP contribution in [0.4, 0.5) is 5.69 Å². The second-order valence-corrected chi connectivity index (χ2v) is 6.60. The third kappa shape index (κ3) is 5.38. The predicted octanol–water partition coefficient (Wildman–Crippen LogP) is 2.84. The van der Waals surface area contributed by atoms with Crippen LogP contribution in [0, 0.1) is 0 Å². The zero-order chi connectivity index (χ0) is 17.6. The van der Waals surface area contributed by atoms with Crippen molar-refractivity contribution in [2.45, 2.75) is 32.7 Å². The lowest BCUT2D eigenvalue weighted by molar-refractivity contribution is -0.118. The van der Waals surface area contributed by atoms with Crippen molar-refractivity contribution in [3.8, 4) is 5.75 Å². The average molecular weight is 331 g/mol. The number of aromatic nitrogens is 2. The first-order chi connectivity index (χ1) is 11.4. The van der Waals surface area contributed by atoms with E-state index in [-0.39, 0.29) is 17.9 Å². The zero-order valence-corrected chi connectivity index (χ0v) is 14.7. The van der Waals surface area contributed by atoms with Crippen molar-refractivity contribution in [1.82, 2.24) is 9.78 Å². The highest BCUT2D eigenvalue weighted by molar-refractivity contribution is 5.91. The molecule has 0 aliphatic heterocycles. The van der Waals surface area contributed by atoms with Crippen molar-refractivity contribution in [3.63, 3.8) is 0 Å². The summed E-state index contributed by atoms with van der Waals surface area (Å²) in [4.78, 5) is 11.9. The molecule has 24 heavy (non-hydrogen) atoms. The number of hydrogen-bond donors (Lipinski definition) is 1. The van der Waals surface area contributed by atoms with Gasteiger partial charge in [0.25, 0.3) is 5.91 Å². The van der Waals surface area contributed by atoms with Crippen molar-refractivity contribution in [2.75, 3.05) is 25.6 Å². The van der Waals surface area contributed by atoms with Gasteiger partial charge >= 0.3 is 0 Å². The molecule has 0 atom stereocenters. The summed E-state index contributed by atoms with van der Waals surface area (Å²) in [5, 5.41) is 6.90. The first-order valence-corrected chi connectivity index (χ1v) is 7.93. The van der Waals surface area contributed by atoms with E-state index in [1.165, 1.54) is 5.56 Å². The van der Waals surface area contributed by atoms with Crippen molar-refractivity contribution >= 4 is 11.6 Å². The normalized spacial score (nSPS) is 11.3. The molecule has 0 fully saturated rings. The minimum absolute atomic E-state index is 0.0435. The van der Waals surface area contributed by atoms with Gasteiger partial charge in [0.1, 0.15) is 5.75 Å². The first-order valence-electron chi connectivity index (χ1n) is 7.93. The predicted molar refractivity (Wildman–Crippen MR) is 93.4 cm³/mol. The van der Waals surface area contributed by atoms with Crippen LogP contribution in [0.15, 0.2) is 36.7 Å². The molecular formula is C18H25N3O3. The summed E-state index contributed by atoms with van der Waals surface area (Å²) in [6.45, 7) is 7.64. The number of nitrogens with one attached hydrogen (secondary N) is 1. The number of methoxy groups -OCH3 is 1. The van der Waals surface area contributed by atoms with E-state index < -0.39 is 0 Å². The fourth-order valence-electron chi connectivity index (χ4n) is 2.13. The fraction of sp³-hybridized carbons (Fsp3) is 0.444. The van der Waals surface area contributed by atoms with Crippen molar-refractivity contribution in [2.24, 2.45) is 0 Å². The molecular weight excluding hydrogens is 306 g/mol. The van der Waals surface area contributed by atoms with Crippen molar-refractivity contribution in [3.05, 3.63) is 42.2 Å². The van der Waals surface area contributed by atoms with Gasteiger partial charge in [-0.05, 0) is 23.1 Å². The molecule has 2 rings (SSSR count). The maximum atomic E-state index is 11.9. The molecule has 1 aromatic carbocycles. The maximum absolute atomic E-state index is 11.9. The van der Waals surface area contributed by atoms with Crippen molar-refractivity contribution < 1.29 is 14.3 Å². The number of ether oxygens (including phenoxy) is 2. The second-order valence-electron chi connectivity index (χ2n) is 6.60. The first kappa shape index (κ1) is 18.0. The summed E-state index contributed by atoms with van der Waals surface area (Å²) in [6.07, 6.45) is 3.36. The molecule has 0 radical (unpaired) electrons. The molecule has 6 heteroatoms. The van der Waals surface area contributed by atoms with Crippen LogP contribution in [-0.4, -0.2) is 36.0 Å². The third-order valence-electron chi connectivity index (χ3n) is 3.53. The van der Waals surface area contributed by atoms with Gasteiger partial charge in [-0.25, -0.2) is 0 Å². The molecule has 130 valence electrons. The van der Waals surface area contributed by atoms with Crippen molar-refractivity contribution in [1.29, 1.82) is 0 Å². The van der Waals surface area contributed by atoms with Gasteiger partial charge in [0.2, 0.25) is 0 Å². The maximum Gasteiger partial charge on any atom is 0.262 e. The lowest BCUT2D eigenvalue weighted by Gasteiger charge is -2.19. The SMILES string of the molecule is COCCn1cc(NC(=O)COc2ccc(C(C)(C)C)cc2)cn1. The van der Waals surface area contributed by atoms with Crippen LogP contribution in [0.5, 0.6) is 5.75 Å². The Bertz CT molecular complexity index is 657. The van der Waals surface area contributed by atoms with E-state index >= 15 is 0 Å². The minimum Gasteiger partial charge on any atom is -0.484 e. The molecule has 1 aromatic heterocycles. The molecule has 0 saturated carbocycles. The molecule has 1 amide bonds. The van der Waals surface area contributed by atoms with Gasteiger partial charge in [0, 0.05) is 13.3 Å². The second kappa shape index (κ2) is 7.97. The van der Waals surface area contributed by atoms with E-state index in [4.69, 9.17) is 9.47 Å². The van der Waals surface area contributed by atoms with Crippen LogP contribution in [0.1, 0.15) is 26.3 Å². The number of benzene rings is 1. The quantitative estimate of drug-likeness (QED) is 0.847. The average Bonchev–Trinajstić information content (AvgIpc) is 2.98. The molecule has 1 N–H and O–H groups in total. The van der Waals surface area contributed by atoms with E-state index in [0.717, 1.165) is 0 Å². The summed E-state index contributed by atoms with van der Waals surface area (Å²) in [6, 6.07) is 7.81. The van der Waals surface area contributed by atoms with Crippen LogP contribution in [0.25, 0.3) is 0 Å². The zero-order valence-electron chi connectivity index (χ0n) is 14.7. The van der Waals surface area contributed by atoms with Crippen LogP contribution in [-0.2, 0) is 21.5 Å². The lowest BCUT2D eigenvalue weighted by atomic mass is 9.87. The summed E-state index contributed by atoms with van der Waals surface area (Å²) < 4.78 is 12.2. The molecule has 6 nitrogen and oxygen atoms in total. The Morgan fingerprint density at radius 2 is 1.96 bits per heavy atom. The summed E-state index contributed by atoms with van der Waals surface area (Å²) in [5.41, 5.74) is 1.96. The number of carbonyl (C=O) groups is 1. The Morgan fingerprint density at radius 1 is 1.25 bits per heavy atom. The van der Waals surface area contributed by atoms with Crippen LogP contribution >= 0.6 is 0 Å². The van der Waals surface area contributed by atoms with Gasteiger partial charge in [0.15, 0.2) is 6.61 Å². The van der Waals surface area contributed by atoms with Crippen LogP contribution < -0.4 is 10.1 Å². The largest absolute Gasteiger partial charge is 0.484 e. The Morgan fingerprint density at radius 3 is 2.58 bits per heavy atom. The Labute approximate surface area is 142 Å². The number of anilines is 1. The van der Waals surface area contributed by atoms with Gasteiger partial charge in [0.05, 0.1) is 25.0 Å². The highest BCUT2D eigenvalue weighted by Gasteiger charge is 2.13. The van der Waals surface area contributed by atoms with Gasteiger partial charge in [-0.2, -0.15) is 5.10 Å². The highest BCUT2D eigenvalue weighted by Crippen LogP contribution is 2.24. The van der Waals surface area contributed by atoms with Gasteiger partial charge in [-0.1, -0.05) is 32.9 Å². The summed E-state index contributed by atoms with van der Waals surface area (Å²) >= 11 is 0. The van der Waals surface area contributed by atoms with Crippen LogP contribution in [0.3, 0.4) is 0 Å². The molecule has 0 saturated heterocycles. The summed E-state index contributed by atoms with van der Waals surface area (Å²) in [5.74, 6) is 0.454. The molecule has 0 spiro atoms. The Kier molecular flexibility index (Phi) is 5.98. The van der Waals surface area contributed by atoms with E-state index in [2.05, 4.69) is 31.2 Å². The number of amides is 1.